The molecule has 2 rings (SSSR count). The fraction of sp³-hybridized carbons (Fsp3) is 0.727. The van der Waals surface area contributed by atoms with E-state index in [0.717, 1.165) is 0 Å². The highest BCUT2D eigenvalue weighted by Gasteiger charge is 2.28. The summed E-state index contributed by atoms with van der Waals surface area (Å²) in [6.45, 7) is 3.03. The number of ether oxygens (including phenoxy) is 1. The summed E-state index contributed by atoms with van der Waals surface area (Å²) in [5.41, 5.74) is 2.45. The van der Waals surface area contributed by atoms with Gasteiger partial charge in [0.05, 0.1) is 25.4 Å². The van der Waals surface area contributed by atoms with Crippen LogP contribution in [0.3, 0.4) is 0 Å². The fourth-order valence-corrected chi connectivity index (χ4v) is 1.95. The number of aromatic nitrogens is 3. The molecule has 112 valence electrons. The van der Waals surface area contributed by atoms with Crippen molar-refractivity contribution in [1.29, 1.82) is 0 Å². The molecule has 0 bridgehead atoms. The van der Waals surface area contributed by atoms with E-state index in [1.165, 1.54) is 0 Å². The van der Waals surface area contributed by atoms with Crippen molar-refractivity contribution in [1.82, 2.24) is 15.0 Å². The molecule has 2 unspecified atom stereocenters. The molecule has 0 spiro atoms. The van der Waals surface area contributed by atoms with Gasteiger partial charge in [-0.15, -0.1) is 0 Å². The Balaban J connectivity index is 2.32. The number of aliphatic hydroxyl groups is 1. The number of hydrazine groups is 1. The van der Waals surface area contributed by atoms with Crippen LogP contribution in [0.5, 0.6) is 0 Å². The van der Waals surface area contributed by atoms with Gasteiger partial charge in [0.25, 0.3) is 0 Å². The summed E-state index contributed by atoms with van der Waals surface area (Å²) in [4.78, 5) is 16.6. The minimum Gasteiger partial charge on any atom is -0.394 e. The van der Waals surface area contributed by atoms with E-state index >= 15 is 0 Å². The highest BCUT2D eigenvalue weighted by molar-refractivity contribution is 5.45. The number of nitrogens with one attached hydrogen (secondary N) is 1. The quantitative estimate of drug-likeness (QED) is 0.463. The smallest absolute Gasteiger partial charge is 0.243 e. The maximum Gasteiger partial charge on any atom is 0.243 e. The first kappa shape index (κ1) is 14.7. The second-order valence-electron chi connectivity index (χ2n) is 4.94. The maximum absolute atomic E-state index is 9.24. The summed E-state index contributed by atoms with van der Waals surface area (Å²) in [6, 6.07) is 0.112. The Morgan fingerprint density at radius 1 is 1.45 bits per heavy atom. The van der Waals surface area contributed by atoms with Crippen molar-refractivity contribution in [3.8, 4) is 0 Å². The second kappa shape index (κ2) is 6.16. The number of hydrogen-bond donors (Lipinski definition) is 3. The van der Waals surface area contributed by atoms with E-state index in [1.807, 2.05) is 25.9 Å². The predicted octanol–water partition coefficient (Wildman–Crippen LogP) is -1.19. The normalized spacial score (nSPS) is 22.8. The standard InChI is InChI=1S/C11H21N7O2/c1-7-6-20-8(5-19)4-18(7)11-14-9(16-12)13-10(15-11)17(2)3/h7-8,19H,4-6,12H2,1-3H3,(H,13,14,15,16). The van der Waals surface area contributed by atoms with Crippen LogP contribution in [-0.4, -0.2) is 66.1 Å². The van der Waals surface area contributed by atoms with Crippen LogP contribution in [0.4, 0.5) is 17.8 Å². The third-order valence-electron chi connectivity index (χ3n) is 3.11. The van der Waals surface area contributed by atoms with E-state index in [-0.39, 0.29) is 18.8 Å². The third kappa shape index (κ3) is 3.06. The van der Waals surface area contributed by atoms with Crippen LogP contribution in [0.15, 0.2) is 0 Å². The highest BCUT2D eigenvalue weighted by atomic mass is 16.5. The van der Waals surface area contributed by atoms with E-state index in [0.29, 0.717) is 31.0 Å². The minimum absolute atomic E-state index is 0.0309. The second-order valence-corrected chi connectivity index (χ2v) is 4.94. The first-order chi connectivity index (χ1) is 9.55. The van der Waals surface area contributed by atoms with Crippen LogP contribution < -0.4 is 21.1 Å². The maximum atomic E-state index is 9.24. The molecule has 1 aromatic heterocycles. The van der Waals surface area contributed by atoms with Crippen molar-refractivity contribution in [3.63, 3.8) is 0 Å². The molecule has 9 nitrogen and oxygen atoms in total. The lowest BCUT2D eigenvalue weighted by atomic mass is 10.2. The largest absolute Gasteiger partial charge is 0.394 e. The number of nitrogen functional groups attached to an aromatic ring is 1. The lowest BCUT2D eigenvalue weighted by Gasteiger charge is -2.37. The van der Waals surface area contributed by atoms with Gasteiger partial charge in [-0.2, -0.15) is 15.0 Å². The molecule has 1 aromatic rings. The van der Waals surface area contributed by atoms with Crippen molar-refractivity contribution in [2.45, 2.75) is 19.1 Å². The van der Waals surface area contributed by atoms with E-state index < -0.39 is 0 Å². The lowest BCUT2D eigenvalue weighted by Crippen LogP contribution is -2.50. The average molecular weight is 283 g/mol. The molecule has 1 aliphatic heterocycles. The molecule has 4 N–H and O–H groups in total. The highest BCUT2D eigenvalue weighted by Crippen LogP contribution is 2.20. The van der Waals surface area contributed by atoms with Gasteiger partial charge in [-0.05, 0) is 6.92 Å². The zero-order chi connectivity index (χ0) is 14.7. The van der Waals surface area contributed by atoms with E-state index in [9.17, 15) is 5.11 Å². The molecule has 0 aromatic carbocycles. The van der Waals surface area contributed by atoms with Crippen molar-refractivity contribution >= 4 is 17.8 Å². The van der Waals surface area contributed by atoms with Gasteiger partial charge in [0.1, 0.15) is 0 Å². The van der Waals surface area contributed by atoms with Crippen molar-refractivity contribution in [2.75, 3.05) is 49.1 Å². The van der Waals surface area contributed by atoms with Gasteiger partial charge in [0.15, 0.2) is 0 Å². The van der Waals surface area contributed by atoms with E-state index in [4.69, 9.17) is 10.6 Å². The van der Waals surface area contributed by atoms with Crippen LogP contribution in [0.25, 0.3) is 0 Å². The van der Waals surface area contributed by atoms with Gasteiger partial charge in [-0.25, -0.2) is 5.84 Å². The van der Waals surface area contributed by atoms with Crippen LogP contribution >= 0.6 is 0 Å². The molecular weight excluding hydrogens is 262 g/mol. The average Bonchev–Trinajstić information content (AvgIpc) is 2.47. The number of anilines is 3. The summed E-state index contributed by atoms with van der Waals surface area (Å²) in [5.74, 6) is 6.74. The van der Waals surface area contributed by atoms with E-state index in [2.05, 4.69) is 20.4 Å². The topological polar surface area (TPSA) is 113 Å². The molecule has 1 saturated heterocycles. The monoisotopic (exact) mass is 283 g/mol. The van der Waals surface area contributed by atoms with Gasteiger partial charge >= 0.3 is 0 Å². The van der Waals surface area contributed by atoms with Crippen molar-refractivity contribution < 1.29 is 9.84 Å². The number of rotatable bonds is 4. The Labute approximate surface area is 117 Å². The van der Waals surface area contributed by atoms with Crippen LogP contribution in [0, 0.1) is 0 Å². The number of morpholine rings is 1. The van der Waals surface area contributed by atoms with Gasteiger partial charge in [-0.3, -0.25) is 5.43 Å². The number of hydrogen-bond acceptors (Lipinski definition) is 9. The SMILES string of the molecule is CC1COC(CO)CN1c1nc(NN)nc(N(C)C)n1. The molecular formula is C11H21N7O2. The van der Waals surface area contributed by atoms with Gasteiger partial charge in [0.2, 0.25) is 17.8 Å². The van der Waals surface area contributed by atoms with Crippen LogP contribution in [0.2, 0.25) is 0 Å². The molecule has 0 saturated carbocycles. The zero-order valence-corrected chi connectivity index (χ0v) is 11.9. The Morgan fingerprint density at radius 3 is 2.80 bits per heavy atom. The molecule has 0 amide bonds. The van der Waals surface area contributed by atoms with Crippen LogP contribution in [0.1, 0.15) is 6.92 Å². The Hall–Kier alpha value is -1.71. The Morgan fingerprint density at radius 2 is 2.20 bits per heavy atom. The summed E-state index contributed by atoms with van der Waals surface area (Å²) < 4.78 is 5.51. The number of nitrogens with zero attached hydrogens (tertiary/aromatic N) is 5. The van der Waals surface area contributed by atoms with Crippen LogP contribution in [-0.2, 0) is 4.74 Å². The first-order valence-electron chi connectivity index (χ1n) is 6.44. The van der Waals surface area contributed by atoms with Crippen molar-refractivity contribution in [2.24, 2.45) is 5.84 Å². The van der Waals surface area contributed by atoms with Gasteiger partial charge in [0, 0.05) is 20.6 Å². The molecule has 2 heterocycles. The summed E-state index contributed by atoms with van der Waals surface area (Å²) in [7, 11) is 3.69. The number of aliphatic hydroxyl groups excluding tert-OH is 1. The van der Waals surface area contributed by atoms with Gasteiger partial charge < -0.3 is 19.6 Å². The zero-order valence-electron chi connectivity index (χ0n) is 11.9. The molecule has 20 heavy (non-hydrogen) atoms. The molecule has 9 heteroatoms. The Kier molecular flexibility index (Phi) is 4.53. The lowest BCUT2D eigenvalue weighted by molar-refractivity contribution is -0.0108. The van der Waals surface area contributed by atoms with Gasteiger partial charge in [-0.1, -0.05) is 0 Å². The summed E-state index contributed by atoms with van der Waals surface area (Å²) in [6.07, 6.45) is -0.236. The molecule has 1 fully saturated rings. The van der Waals surface area contributed by atoms with Crippen molar-refractivity contribution in [3.05, 3.63) is 0 Å². The van der Waals surface area contributed by atoms with E-state index in [1.54, 1.807) is 4.90 Å². The predicted molar refractivity (Wildman–Crippen MR) is 75.6 cm³/mol. The fourth-order valence-electron chi connectivity index (χ4n) is 1.95. The molecule has 1 aliphatic rings. The first-order valence-corrected chi connectivity index (χ1v) is 6.44. The minimum atomic E-state index is -0.236. The third-order valence-corrected chi connectivity index (χ3v) is 3.11. The molecule has 0 aliphatic carbocycles. The Bertz CT molecular complexity index is 456. The molecule has 2 atom stereocenters. The number of nitrogens with two attached hydrogens (primary N) is 1. The molecule has 0 radical (unpaired) electrons. The summed E-state index contributed by atoms with van der Waals surface area (Å²) in [5, 5.41) is 9.24. The summed E-state index contributed by atoms with van der Waals surface area (Å²) >= 11 is 0.